The molecule has 1 heterocycles. The van der Waals surface area contributed by atoms with Crippen LogP contribution in [0.25, 0.3) is 0 Å². The third-order valence-electron chi connectivity index (χ3n) is 3.74. The van der Waals surface area contributed by atoms with Gasteiger partial charge in [0.05, 0.1) is 16.3 Å². The second kappa shape index (κ2) is 9.24. The molecule has 0 unspecified atom stereocenters. The van der Waals surface area contributed by atoms with Crippen LogP contribution in [0.5, 0.6) is 0 Å². The van der Waals surface area contributed by atoms with Gasteiger partial charge in [0.1, 0.15) is 0 Å². The van der Waals surface area contributed by atoms with Crippen LogP contribution in [0.4, 0.5) is 0 Å². The van der Waals surface area contributed by atoms with Gasteiger partial charge < -0.3 is 0 Å². The molecule has 0 N–H and O–H groups in total. The van der Waals surface area contributed by atoms with E-state index >= 15 is 0 Å². The minimum atomic E-state index is 0.179. The van der Waals surface area contributed by atoms with E-state index in [1.54, 1.807) is 40.9 Å². The summed E-state index contributed by atoms with van der Waals surface area (Å²) in [6.07, 6.45) is 1.66. The van der Waals surface area contributed by atoms with Crippen molar-refractivity contribution in [1.29, 1.82) is 0 Å². The molecule has 3 rings (SSSR count). The Morgan fingerprint density at radius 3 is 2.41 bits per heavy atom. The zero-order valence-electron chi connectivity index (χ0n) is 14.7. The average molecular weight is 484 g/mol. The number of aromatic nitrogens is 3. The molecule has 0 saturated heterocycles. The number of nitrogens with zero attached hydrogens (tertiary/aromatic N) is 4. The van der Waals surface area contributed by atoms with E-state index in [9.17, 15) is 0 Å². The van der Waals surface area contributed by atoms with Crippen molar-refractivity contribution in [3.05, 3.63) is 73.9 Å². The molecular weight excluding hydrogens is 467 g/mol. The van der Waals surface area contributed by atoms with Gasteiger partial charge in [0, 0.05) is 21.7 Å². The van der Waals surface area contributed by atoms with Crippen LogP contribution in [-0.2, 0) is 5.75 Å². The van der Waals surface area contributed by atoms with Gasteiger partial charge >= 0.3 is 0 Å². The van der Waals surface area contributed by atoms with Crippen molar-refractivity contribution in [2.45, 2.75) is 30.7 Å². The Morgan fingerprint density at radius 2 is 1.78 bits per heavy atom. The molecule has 0 bridgehead atoms. The van der Waals surface area contributed by atoms with Crippen LogP contribution in [0.2, 0.25) is 10.0 Å². The fourth-order valence-electron chi connectivity index (χ4n) is 2.31. The van der Waals surface area contributed by atoms with E-state index in [1.165, 1.54) is 5.56 Å². The number of halogens is 3. The maximum Gasteiger partial charge on any atom is 0.212 e. The zero-order valence-corrected chi connectivity index (χ0v) is 18.6. The Morgan fingerprint density at radius 1 is 1.11 bits per heavy atom. The van der Waals surface area contributed by atoms with Gasteiger partial charge in [-0.05, 0) is 29.8 Å². The summed E-state index contributed by atoms with van der Waals surface area (Å²) >= 11 is 17.5. The summed E-state index contributed by atoms with van der Waals surface area (Å²) < 4.78 is 2.82. The molecule has 0 amide bonds. The quantitative estimate of drug-likeness (QED) is 0.291. The molecule has 0 atom stereocenters. The molecule has 0 radical (unpaired) electrons. The SMILES string of the molecule is CC(C)c1nnc(SCc2ccc(Br)cc2)n1/N=C/c1c(Cl)cccc1Cl. The van der Waals surface area contributed by atoms with Crippen LogP contribution >= 0.6 is 50.9 Å². The van der Waals surface area contributed by atoms with Gasteiger partial charge in [-0.2, -0.15) is 9.78 Å². The minimum Gasteiger partial charge on any atom is -0.191 e. The molecule has 0 saturated carbocycles. The Bertz CT molecular complexity index is 935. The standard InChI is InChI=1S/C19H17BrCl2N4S/c1-12(2)18-24-25-19(27-11-13-6-8-14(20)9-7-13)26(18)23-10-15-16(21)4-3-5-17(15)22/h3-10,12H,11H2,1-2H3/b23-10+. The third-order valence-corrected chi connectivity index (χ3v) is 5.91. The molecule has 0 spiro atoms. The first kappa shape index (κ1) is 20.4. The van der Waals surface area contributed by atoms with Gasteiger partial charge in [-0.25, -0.2) is 0 Å². The predicted octanol–water partition coefficient (Wildman–Crippen LogP) is 6.65. The smallest absolute Gasteiger partial charge is 0.191 e. The summed E-state index contributed by atoms with van der Waals surface area (Å²) in [7, 11) is 0. The van der Waals surface area contributed by atoms with Crippen molar-refractivity contribution < 1.29 is 0 Å². The van der Waals surface area contributed by atoms with Gasteiger partial charge in [-0.15, -0.1) is 10.2 Å². The van der Waals surface area contributed by atoms with Crippen LogP contribution in [0.3, 0.4) is 0 Å². The molecule has 8 heteroatoms. The highest BCUT2D eigenvalue weighted by molar-refractivity contribution is 9.10. The number of hydrogen-bond donors (Lipinski definition) is 0. The van der Waals surface area contributed by atoms with E-state index in [0.717, 1.165) is 21.2 Å². The maximum atomic E-state index is 6.24. The molecular formula is C19H17BrCl2N4S. The van der Waals surface area contributed by atoms with E-state index in [-0.39, 0.29) is 5.92 Å². The number of rotatable bonds is 6. The molecule has 0 aliphatic rings. The third kappa shape index (κ3) is 5.13. The maximum absolute atomic E-state index is 6.24. The number of hydrogen-bond acceptors (Lipinski definition) is 4. The summed E-state index contributed by atoms with van der Waals surface area (Å²) in [5.74, 6) is 1.73. The lowest BCUT2D eigenvalue weighted by atomic mass is 10.2. The molecule has 4 nitrogen and oxygen atoms in total. The van der Waals surface area contributed by atoms with E-state index in [0.29, 0.717) is 15.6 Å². The second-order valence-corrected chi connectivity index (χ2v) is 8.77. The normalized spacial score (nSPS) is 11.6. The highest BCUT2D eigenvalue weighted by Crippen LogP contribution is 2.26. The molecule has 0 aliphatic carbocycles. The van der Waals surface area contributed by atoms with Gasteiger partial charge in [-0.3, -0.25) is 0 Å². The fraction of sp³-hybridized carbons (Fsp3) is 0.211. The largest absolute Gasteiger partial charge is 0.212 e. The van der Waals surface area contributed by atoms with Gasteiger partial charge in [0.2, 0.25) is 5.16 Å². The summed E-state index contributed by atoms with van der Waals surface area (Å²) in [4.78, 5) is 0. The van der Waals surface area contributed by atoms with E-state index in [2.05, 4.69) is 57.2 Å². The predicted molar refractivity (Wildman–Crippen MR) is 117 cm³/mol. The lowest BCUT2D eigenvalue weighted by molar-refractivity contribution is 0.667. The number of thioether (sulfide) groups is 1. The molecule has 0 aliphatic heterocycles. The summed E-state index contributed by atoms with van der Waals surface area (Å²) in [5, 5.41) is 15.0. The Labute approximate surface area is 181 Å². The van der Waals surface area contributed by atoms with Gasteiger partial charge in [-0.1, -0.05) is 82.9 Å². The molecule has 140 valence electrons. The zero-order chi connectivity index (χ0) is 19.4. The molecule has 1 aromatic heterocycles. The van der Waals surface area contributed by atoms with Crippen molar-refractivity contribution in [2.75, 3.05) is 0 Å². The van der Waals surface area contributed by atoms with Gasteiger partial charge in [0.15, 0.2) is 5.82 Å². The fourth-order valence-corrected chi connectivity index (χ4v) is 3.92. The first-order chi connectivity index (χ1) is 13.0. The minimum absolute atomic E-state index is 0.179. The van der Waals surface area contributed by atoms with Crippen LogP contribution < -0.4 is 0 Å². The molecule has 3 aromatic rings. The van der Waals surface area contributed by atoms with Gasteiger partial charge in [0.25, 0.3) is 0 Å². The Balaban J connectivity index is 1.87. The van der Waals surface area contributed by atoms with E-state index in [1.807, 2.05) is 12.1 Å². The first-order valence-electron chi connectivity index (χ1n) is 8.26. The highest BCUT2D eigenvalue weighted by atomic mass is 79.9. The molecule has 27 heavy (non-hydrogen) atoms. The van der Waals surface area contributed by atoms with Crippen LogP contribution in [0, 0.1) is 0 Å². The lowest BCUT2D eigenvalue weighted by Gasteiger charge is -2.07. The van der Waals surface area contributed by atoms with Crippen LogP contribution in [-0.4, -0.2) is 21.1 Å². The Kier molecular flexibility index (Phi) is 6.98. The topological polar surface area (TPSA) is 43.1 Å². The summed E-state index contributed by atoms with van der Waals surface area (Å²) in [6.45, 7) is 4.11. The lowest BCUT2D eigenvalue weighted by Crippen LogP contribution is -2.02. The van der Waals surface area contributed by atoms with Crippen molar-refractivity contribution >= 4 is 57.1 Å². The Hall–Kier alpha value is -1.34. The van der Waals surface area contributed by atoms with Crippen molar-refractivity contribution in [1.82, 2.24) is 14.9 Å². The first-order valence-corrected chi connectivity index (χ1v) is 10.8. The summed E-state index contributed by atoms with van der Waals surface area (Å²) in [6, 6.07) is 13.6. The summed E-state index contributed by atoms with van der Waals surface area (Å²) in [5.41, 5.74) is 1.87. The molecule has 2 aromatic carbocycles. The van der Waals surface area contributed by atoms with E-state index < -0.39 is 0 Å². The van der Waals surface area contributed by atoms with E-state index in [4.69, 9.17) is 23.2 Å². The van der Waals surface area contributed by atoms with Crippen LogP contribution in [0.15, 0.2) is 57.2 Å². The van der Waals surface area contributed by atoms with Crippen LogP contribution in [0.1, 0.15) is 36.7 Å². The average Bonchev–Trinajstić information content (AvgIpc) is 3.04. The van der Waals surface area contributed by atoms with Crippen molar-refractivity contribution in [3.63, 3.8) is 0 Å². The van der Waals surface area contributed by atoms with Crippen molar-refractivity contribution in [3.8, 4) is 0 Å². The molecule has 0 fully saturated rings. The van der Waals surface area contributed by atoms with Crippen molar-refractivity contribution in [2.24, 2.45) is 5.10 Å². The second-order valence-electron chi connectivity index (χ2n) is 6.10. The monoisotopic (exact) mass is 482 g/mol. The highest BCUT2D eigenvalue weighted by Gasteiger charge is 2.15. The number of benzene rings is 2.